The highest BCUT2D eigenvalue weighted by molar-refractivity contribution is 5.81. The van der Waals surface area contributed by atoms with Gasteiger partial charge in [0.1, 0.15) is 0 Å². The van der Waals surface area contributed by atoms with Crippen LogP contribution in [-0.4, -0.2) is 4.98 Å². The Morgan fingerprint density at radius 1 is 0.759 bits per heavy atom. The molecule has 140 valence electrons. The Morgan fingerprint density at radius 2 is 1.41 bits per heavy atom. The predicted octanol–water partition coefficient (Wildman–Crippen LogP) is 6.71. The summed E-state index contributed by atoms with van der Waals surface area (Å²) in [6, 6.07) is 30.6. The minimum Gasteiger partial charge on any atom is -0.310 e. The third-order valence-corrected chi connectivity index (χ3v) is 5.00. The highest BCUT2D eigenvalue weighted by atomic mass is 15.1. The Bertz CT molecular complexity index is 1160. The monoisotopic (exact) mass is 375 g/mol. The average molecular weight is 375 g/mol. The summed E-state index contributed by atoms with van der Waals surface area (Å²) in [4.78, 5) is 6.83. The van der Waals surface area contributed by atoms with E-state index >= 15 is 0 Å². The van der Waals surface area contributed by atoms with E-state index in [0.29, 0.717) is 5.56 Å². The lowest BCUT2D eigenvalue weighted by Gasteiger charge is -2.28. The second-order valence-electron chi connectivity index (χ2n) is 7.00. The summed E-state index contributed by atoms with van der Waals surface area (Å²) in [5.41, 5.74) is 8.08. The number of pyridine rings is 1. The zero-order chi connectivity index (χ0) is 20.2. The molecule has 4 rings (SSSR count). The van der Waals surface area contributed by atoms with Crippen LogP contribution in [0.1, 0.15) is 16.7 Å². The van der Waals surface area contributed by atoms with Crippen molar-refractivity contribution in [1.82, 2.24) is 4.98 Å². The lowest BCUT2D eigenvalue weighted by Crippen LogP contribution is -2.12. The summed E-state index contributed by atoms with van der Waals surface area (Å²) >= 11 is 0. The van der Waals surface area contributed by atoms with Crippen molar-refractivity contribution in [3.05, 3.63) is 108 Å². The number of hydrogen-bond donors (Lipinski definition) is 0. The van der Waals surface area contributed by atoms with E-state index in [1.54, 1.807) is 6.07 Å². The highest BCUT2D eigenvalue weighted by Crippen LogP contribution is 2.38. The third kappa shape index (κ3) is 3.74. The van der Waals surface area contributed by atoms with Gasteiger partial charge in [-0.2, -0.15) is 5.26 Å². The Labute approximate surface area is 171 Å². The first kappa shape index (κ1) is 18.5. The molecule has 3 heteroatoms. The van der Waals surface area contributed by atoms with E-state index < -0.39 is 0 Å². The molecule has 1 aromatic heterocycles. The Kier molecular flexibility index (Phi) is 5.09. The lowest BCUT2D eigenvalue weighted by atomic mass is 10.1. The molecule has 1 heterocycles. The summed E-state index contributed by atoms with van der Waals surface area (Å²) in [5.74, 6) is 0. The van der Waals surface area contributed by atoms with Crippen LogP contribution in [0.5, 0.6) is 0 Å². The topological polar surface area (TPSA) is 39.9 Å². The van der Waals surface area contributed by atoms with Crippen LogP contribution in [-0.2, 0) is 0 Å². The van der Waals surface area contributed by atoms with Gasteiger partial charge in [-0.3, -0.25) is 4.98 Å². The van der Waals surface area contributed by atoms with Crippen LogP contribution in [0.25, 0.3) is 11.3 Å². The first-order valence-electron chi connectivity index (χ1n) is 9.55. The fourth-order valence-corrected chi connectivity index (χ4v) is 3.50. The fraction of sp³-hybridized carbons (Fsp3) is 0.0769. The van der Waals surface area contributed by atoms with Crippen molar-refractivity contribution in [1.29, 1.82) is 5.26 Å². The second-order valence-corrected chi connectivity index (χ2v) is 7.00. The molecule has 0 N–H and O–H groups in total. The van der Waals surface area contributed by atoms with Crippen molar-refractivity contribution in [2.45, 2.75) is 13.8 Å². The van der Waals surface area contributed by atoms with Gasteiger partial charge < -0.3 is 4.90 Å². The molecule has 3 nitrogen and oxygen atoms in total. The summed E-state index contributed by atoms with van der Waals surface area (Å²) in [7, 11) is 0. The number of benzene rings is 3. The Balaban J connectivity index is 1.89. The zero-order valence-electron chi connectivity index (χ0n) is 16.5. The normalized spacial score (nSPS) is 10.4. The molecule has 0 unspecified atom stereocenters. The minimum absolute atomic E-state index is 0.629. The number of rotatable bonds is 4. The molecule has 0 amide bonds. The SMILES string of the molecule is Cc1ccccc1N(c1ccnc(-c2cccc(C#N)c2)c1)c1ccccc1C. The van der Waals surface area contributed by atoms with Gasteiger partial charge in [0.15, 0.2) is 0 Å². The van der Waals surface area contributed by atoms with E-state index in [-0.39, 0.29) is 0 Å². The molecule has 3 aromatic carbocycles. The van der Waals surface area contributed by atoms with Crippen molar-refractivity contribution in [2.75, 3.05) is 4.90 Å². The van der Waals surface area contributed by atoms with Gasteiger partial charge in [-0.15, -0.1) is 0 Å². The maximum atomic E-state index is 9.23. The summed E-state index contributed by atoms with van der Waals surface area (Å²) in [6.45, 7) is 4.25. The number of nitrogens with zero attached hydrogens (tertiary/aromatic N) is 3. The van der Waals surface area contributed by atoms with E-state index in [2.05, 4.69) is 84.4 Å². The third-order valence-electron chi connectivity index (χ3n) is 5.00. The van der Waals surface area contributed by atoms with Crippen LogP contribution >= 0.6 is 0 Å². The summed E-state index contributed by atoms with van der Waals surface area (Å²) < 4.78 is 0. The van der Waals surface area contributed by atoms with Crippen molar-refractivity contribution in [3.63, 3.8) is 0 Å². The van der Waals surface area contributed by atoms with E-state index in [0.717, 1.165) is 28.3 Å². The standard InChI is InChI=1S/C26H21N3/c1-19-8-3-5-12-25(19)29(26-13-6-4-9-20(26)2)23-14-15-28-24(17-23)22-11-7-10-21(16-22)18-27/h3-17H,1-2H3. The molecule has 0 spiro atoms. The van der Waals surface area contributed by atoms with E-state index in [9.17, 15) is 5.26 Å². The van der Waals surface area contributed by atoms with Crippen LogP contribution in [0.3, 0.4) is 0 Å². The largest absolute Gasteiger partial charge is 0.310 e. The number of nitriles is 1. The highest BCUT2D eigenvalue weighted by Gasteiger charge is 2.17. The van der Waals surface area contributed by atoms with Gasteiger partial charge in [-0.1, -0.05) is 48.5 Å². The van der Waals surface area contributed by atoms with Gasteiger partial charge in [0, 0.05) is 28.8 Å². The molecule has 0 saturated heterocycles. The van der Waals surface area contributed by atoms with Crippen LogP contribution < -0.4 is 4.90 Å². The maximum absolute atomic E-state index is 9.23. The number of aryl methyl sites for hydroxylation is 2. The van der Waals surface area contributed by atoms with Crippen molar-refractivity contribution >= 4 is 17.1 Å². The van der Waals surface area contributed by atoms with Crippen molar-refractivity contribution in [3.8, 4) is 17.3 Å². The lowest BCUT2D eigenvalue weighted by molar-refractivity contribution is 1.21. The molecule has 0 radical (unpaired) electrons. The molecule has 29 heavy (non-hydrogen) atoms. The molecule has 0 aliphatic carbocycles. The molecule has 0 aliphatic heterocycles. The van der Waals surface area contributed by atoms with Crippen molar-refractivity contribution in [2.24, 2.45) is 0 Å². The number of aromatic nitrogens is 1. The number of para-hydroxylation sites is 2. The molecule has 0 atom stereocenters. The molecular formula is C26H21N3. The van der Waals surface area contributed by atoms with Gasteiger partial charge in [-0.05, 0) is 61.4 Å². The summed E-state index contributed by atoms with van der Waals surface area (Å²) in [6.07, 6.45) is 1.83. The van der Waals surface area contributed by atoms with Gasteiger partial charge in [0.25, 0.3) is 0 Å². The first-order valence-corrected chi connectivity index (χ1v) is 9.55. The van der Waals surface area contributed by atoms with E-state index in [4.69, 9.17) is 0 Å². The van der Waals surface area contributed by atoms with Gasteiger partial charge in [-0.25, -0.2) is 0 Å². The Morgan fingerprint density at radius 3 is 2.03 bits per heavy atom. The van der Waals surface area contributed by atoms with Gasteiger partial charge >= 0.3 is 0 Å². The Hall–Kier alpha value is -3.90. The van der Waals surface area contributed by atoms with Gasteiger partial charge in [0.05, 0.1) is 17.3 Å². The zero-order valence-corrected chi connectivity index (χ0v) is 16.5. The summed E-state index contributed by atoms with van der Waals surface area (Å²) in [5, 5.41) is 9.23. The average Bonchev–Trinajstić information content (AvgIpc) is 2.77. The van der Waals surface area contributed by atoms with Gasteiger partial charge in [0.2, 0.25) is 0 Å². The minimum atomic E-state index is 0.629. The fourth-order valence-electron chi connectivity index (χ4n) is 3.50. The predicted molar refractivity (Wildman–Crippen MR) is 119 cm³/mol. The quantitative estimate of drug-likeness (QED) is 0.398. The van der Waals surface area contributed by atoms with Crippen LogP contribution in [0.15, 0.2) is 91.1 Å². The number of anilines is 3. The molecule has 0 bridgehead atoms. The molecule has 0 saturated carbocycles. The van der Waals surface area contributed by atoms with E-state index in [1.807, 2.05) is 30.5 Å². The van der Waals surface area contributed by atoms with Crippen molar-refractivity contribution < 1.29 is 0 Å². The smallest absolute Gasteiger partial charge is 0.0991 e. The van der Waals surface area contributed by atoms with E-state index in [1.165, 1.54) is 11.1 Å². The molecule has 0 fully saturated rings. The molecular weight excluding hydrogens is 354 g/mol. The first-order chi connectivity index (χ1) is 14.2. The second kappa shape index (κ2) is 8.00. The molecule has 4 aromatic rings. The van der Waals surface area contributed by atoms with Crippen LogP contribution in [0.4, 0.5) is 17.1 Å². The van der Waals surface area contributed by atoms with Crippen LogP contribution in [0.2, 0.25) is 0 Å². The molecule has 0 aliphatic rings. The maximum Gasteiger partial charge on any atom is 0.0991 e. The van der Waals surface area contributed by atoms with Crippen LogP contribution in [0, 0.1) is 25.2 Å². The number of hydrogen-bond acceptors (Lipinski definition) is 3.